The maximum Gasteiger partial charge on any atom is 0.253 e. The van der Waals surface area contributed by atoms with E-state index in [0.717, 1.165) is 16.1 Å². The third-order valence-corrected chi connectivity index (χ3v) is 5.52. The molecule has 0 fully saturated rings. The van der Waals surface area contributed by atoms with Crippen LogP contribution in [0.2, 0.25) is 5.02 Å². The quantitative estimate of drug-likeness (QED) is 0.488. The van der Waals surface area contributed by atoms with E-state index in [0.29, 0.717) is 10.6 Å². The second-order valence-corrected chi connectivity index (χ2v) is 7.62. The molecule has 1 atom stereocenters. The smallest absolute Gasteiger partial charge is 0.253 e. The van der Waals surface area contributed by atoms with Gasteiger partial charge in [0, 0.05) is 4.90 Å². The number of hydrogen-bond acceptors (Lipinski definition) is 3. The van der Waals surface area contributed by atoms with E-state index in [9.17, 15) is 9.59 Å². The molecule has 0 bridgehead atoms. The molecule has 0 heterocycles. The first-order chi connectivity index (χ1) is 14.1. The molecule has 0 saturated heterocycles. The van der Waals surface area contributed by atoms with Gasteiger partial charge < -0.3 is 10.6 Å². The largest absolute Gasteiger partial charge is 0.345 e. The minimum atomic E-state index is -0.485. The van der Waals surface area contributed by atoms with Crippen LogP contribution in [-0.4, -0.2) is 18.1 Å². The lowest BCUT2D eigenvalue weighted by atomic mass is 10.0. The fourth-order valence-electron chi connectivity index (χ4n) is 2.95. The highest BCUT2D eigenvalue weighted by molar-refractivity contribution is 7.98. The number of carbonyl (C=O) groups is 2. The van der Waals surface area contributed by atoms with Crippen LogP contribution in [0.3, 0.4) is 0 Å². The van der Waals surface area contributed by atoms with Crippen LogP contribution >= 0.6 is 23.4 Å². The molecule has 1 unspecified atom stereocenters. The Hall–Kier alpha value is -2.76. The van der Waals surface area contributed by atoms with Crippen molar-refractivity contribution >= 4 is 40.9 Å². The predicted molar refractivity (Wildman–Crippen MR) is 120 cm³/mol. The molecule has 3 aromatic rings. The number of anilines is 1. The maximum absolute atomic E-state index is 12.8. The second kappa shape index (κ2) is 10.1. The summed E-state index contributed by atoms with van der Waals surface area (Å²) in [4.78, 5) is 26.5. The molecule has 6 heteroatoms. The van der Waals surface area contributed by atoms with Gasteiger partial charge in [0.05, 0.1) is 28.7 Å². The highest BCUT2D eigenvalue weighted by atomic mass is 35.5. The Morgan fingerprint density at radius 3 is 2.31 bits per heavy atom. The van der Waals surface area contributed by atoms with Crippen LogP contribution in [-0.2, 0) is 4.79 Å². The van der Waals surface area contributed by atoms with E-state index in [4.69, 9.17) is 11.6 Å². The van der Waals surface area contributed by atoms with E-state index in [1.807, 2.05) is 60.9 Å². The first-order valence-corrected chi connectivity index (χ1v) is 10.7. The van der Waals surface area contributed by atoms with Gasteiger partial charge in [-0.2, -0.15) is 0 Å². The highest BCUT2D eigenvalue weighted by Crippen LogP contribution is 2.26. The number of para-hydroxylation sites is 1. The molecule has 0 spiro atoms. The van der Waals surface area contributed by atoms with Crippen molar-refractivity contribution in [3.8, 4) is 0 Å². The average Bonchev–Trinajstić information content (AvgIpc) is 2.74. The summed E-state index contributed by atoms with van der Waals surface area (Å²) in [5, 5.41) is 6.27. The van der Waals surface area contributed by atoms with Gasteiger partial charge in [-0.15, -0.1) is 11.8 Å². The SMILES string of the molecule is CSc1ccccc1NC(=O)CC(NC(=O)c1ccccc1Cl)c1ccccc1. The second-order valence-electron chi connectivity index (χ2n) is 6.37. The number of benzene rings is 3. The van der Waals surface area contributed by atoms with E-state index in [-0.39, 0.29) is 18.2 Å². The summed E-state index contributed by atoms with van der Waals surface area (Å²) in [5.41, 5.74) is 1.98. The Balaban J connectivity index is 1.78. The summed E-state index contributed by atoms with van der Waals surface area (Å²) in [6, 6.07) is 23.4. The number of thioether (sulfide) groups is 1. The highest BCUT2D eigenvalue weighted by Gasteiger charge is 2.21. The summed E-state index contributed by atoms with van der Waals surface area (Å²) in [7, 11) is 0. The fourth-order valence-corrected chi connectivity index (χ4v) is 3.73. The number of carbonyl (C=O) groups excluding carboxylic acids is 2. The molecule has 0 aromatic heterocycles. The molecule has 0 aliphatic carbocycles. The van der Waals surface area contributed by atoms with Gasteiger partial charge in [-0.25, -0.2) is 0 Å². The summed E-state index contributed by atoms with van der Waals surface area (Å²) in [6.45, 7) is 0. The van der Waals surface area contributed by atoms with Crippen LogP contribution in [0, 0.1) is 0 Å². The third-order valence-electron chi connectivity index (χ3n) is 4.40. The van der Waals surface area contributed by atoms with Gasteiger partial charge in [0.2, 0.25) is 5.91 Å². The lowest BCUT2D eigenvalue weighted by molar-refractivity contribution is -0.116. The molecule has 0 radical (unpaired) electrons. The van der Waals surface area contributed by atoms with Gasteiger partial charge in [-0.1, -0.05) is 66.2 Å². The molecule has 0 aliphatic rings. The summed E-state index contributed by atoms with van der Waals surface area (Å²) in [6.07, 6.45) is 2.06. The minimum absolute atomic E-state index is 0.100. The third kappa shape index (κ3) is 5.62. The van der Waals surface area contributed by atoms with Crippen LogP contribution in [0.4, 0.5) is 5.69 Å². The number of amides is 2. The van der Waals surface area contributed by atoms with Crippen molar-refractivity contribution in [2.45, 2.75) is 17.4 Å². The molecule has 148 valence electrons. The van der Waals surface area contributed by atoms with Gasteiger partial charge in [0.25, 0.3) is 5.91 Å². The zero-order valence-corrected chi connectivity index (χ0v) is 17.5. The summed E-state index contributed by atoms with van der Waals surface area (Å²) < 4.78 is 0. The summed E-state index contributed by atoms with van der Waals surface area (Å²) in [5.74, 6) is -0.499. The number of rotatable bonds is 7. The molecule has 3 aromatic carbocycles. The van der Waals surface area contributed by atoms with Crippen molar-refractivity contribution in [1.29, 1.82) is 0 Å². The van der Waals surface area contributed by atoms with E-state index >= 15 is 0 Å². The normalized spacial score (nSPS) is 11.5. The van der Waals surface area contributed by atoms with Gasteiger partial charge in [-0.3, -0.25) is 9.59 Å². The van der Waals surface area contributed by atoms with E-state index in [1.54, 1.807) is 36.0 Å². The van der Waals surface area contributed by atoms with Crippen LogP contribution < -0.4 is 10.6 Å². The van der Waals surface area contributed by atoms with Crippen LogP contribution in [0.1, 0.15) is 28.4 Å². The molecule has 3 rings (SSSR count). The van der Waals surface area contributed by atoms with E-state index < -0.39 is 6.04 Å². The summed E-state index contributed by atoms with van der Waals surface area (Å²) >= 11 is 7.72. The van der Waals surface area contributed by atoms with E-state index in [2.05, 4.69) is 10.6 Å². The van der Waals surface area contributed by atoms with Crippen molar-refractivity contribution in [2.75, 3.05) is 11.6 Å². The standard InChI is InChI=1S/C23H21ClN2O2S/c1-29-21-14-8-7-13-19(21)25-22(27)15-20(16-9-3-2-4-10-16)26-23(28)17-11-5-6-12-18(17)24/h2-14,20H,15H2,1H3,(H,25,27)(H,26,28). The minimum Gasteiger partial charge on any atom is -0.345 e. The molecular weight excluding hydrogens is 404 g/mol. The molecule has 2 amide bonds. The zero-order chi connectivity index (χ0) is 20.6. The predicted octanol–water partition coefficient (Wildman–Crippen LogP) is 5.56. The van der Waals surface area contributed by atoms with Gasteiger partial charge in [0.1, 0.15) is 0 Å². The molecule has 2 N–H and O–H groups in total. The fraction of sp³-hybridized carbons (Fsp3) is 0.130. The number of halogens is 1. The molecule has 29 heavy (non-hydrogen) atoms. The molecule has 0 saturated carbocycles. The molecule has 0 aliphatic heterocycles. The maximum atomic E-state index is 12.8. The van der Waals surface area contributed by atoms with Gasteiger partial charge in [-0.05, 0) is 36.1 Å². The Kier molecular flexibility index (Phi) is 7.33. The number of nitrogens with one attached hydrogen (secondary N) is 2. The zero-order valence-electron chi connectivity index (χ0n) is 15.9. The van der Waals surface area contributed by atoms with Crippen LogP contribution in [0.25, 0.3) is 0 Å². The van der Waals surface area contributed by atoms with Crippen molar-refractivity contribution in [2.24, 2.45) is 0 Å². The number of hydrogen-bond donors (Lipinski definition) is 2. The average molecular weight is 425 g/mol. The van der Waals surface area contributed by atoms with Crippen LogP contribution in [0.15, 0.2) is 83.8 Å². The Morgan fingerprint density at radius 1 is 0.931 bits per heavy atom. The Labute approximate surface area is 179 Å². The van der Waals surface area contributed by atoms with Gasteiger partial charge >= 0.3 is 0 Å². The first kappa shape index (κ1) is 21.0. The topological polar surface area (TPSA) is 58.2 Å². The van der Waals surface area contributed by atoms with Crippen molar-refractivity contribution in [3.63, 3.8) is 0 Å². The molecule has 4 nitrogen and oxygen atoms in total. The first-order valence-electron chi connectivity index (χ1n) is 9.11. The van der Waals surface area contributed by atoms with Crippen molar-refractivity contribution in [1.82, 2.24) is 5.32 Å². The van der Waals surface area contributed by atoms with Crippen molar-refractivity contribution < 1.29 is 9.59 Å². The Morgan fingerprint density at radius 2 is 1.59 bits per heavy atom. The van der Waals surface area contributed by atoms with E-state index in [1.165, 1.54) is 0 Å². The van der Waals surface area contributed by atoms with Gasteiger partial charge in [0.15, 0.2) is 0 Å². The molecular formula is C23H21ClN2O2S. The lowest BCUT2D eigenvalue weighted by Gasteiger charge is -2.20. The van der Waals surface area contributed by atoms with Crippen LogP contribution in [0.5, 0.6) is 0 Å². The Bertz CT molecular complexity index is 995. The monoisotopic (exact) mass is 424 g/mol. The lowest BCUT2D eigenvalue weighted by Crippen LogP contribution is -2.31. The van der Waals surface area contributed by atoms with Crippen molar-refractivity contribution in [3.05, 3.63) is 95.0 Å².